The highest BCUT2D eigenvalue weighted by Crippen LogP contribution is 2.42. The minimum atomic E-state index is -2.91. The molecule has 0 radical (unpaired) electrons. The Morgan fingerprint density at radius 1 is 1.29 bits per heavy atom. The van der Waals surface area contributed by atoms with Crippen molar-refractivity contribution in [3.05, 3.63) is 40.6 Å². The summed E-state index contributed by atoms with van der Waals surface area (Å²) in [4.78, 5) is 22.0. The average Bonchev–Trinajstić information content (AvgIpc) is 3.20. The number of hydrogen-bond donors (Lipinski definition) is 1. The van der Waals surface area contributed by atoms with Crippen molar-refractivity contribution in [2.45, 2.75) is 39.2 Å². The maximum absolute atomic E-state index is 14.3. The van der Waals surface area contributed by atoms with Crippen LogP contribution in [-0.4, -0.2) is 33.2 Å². The van der Waals surface area contributed by atoms with Crippen molar-refractivity contribution in [2.24, 2.45) is 11.8 Å². The minimum absolute atomic E-state index is 0.0837. The SMILES string of the molecule is CC(C)[C@H](C)C(=O)N1CC(F)(F)C[C@H]1c1nc2c(ccc3cc(Br)ccc32)[nH]1. The lowest BCUT2D eigenvalue weighted by Crippen LogP contribution is -2.38. The largest absolute Gasteiger partial charge is 0.340 e. The van der Waals surface area contributed by atoms with Crippen LogP contribution in [0.3, 0.4) is 0 Å². The number of nitrogens with zero attached hydrogens (tertiary/aromatic N) is 2. The maximum atomic E-state index is 14.3. The first kappa shape index (κ1) is 19.3. The van der Waals surface area contributed by atoms with E-state index in [0.29, 0.717) is 5.82 Å². The molecule has 0 unspecified atom stereocenters. The number of benzene rings is 2. The van der Waals surface area contributed by atoms with Crippen LogP contribution in [0.2, 0.25) is 0 Å². The van der Waals surface area contributed by atoms with E-state index in [4.69, 9.17) is 0 Å². The van der Waals surface area contributed by atoms with Gasteiger partial charge in [-0.1, -0.05) is 48.8 Å². The third-order valence-corrected chi connectivity index (χ3v) is 6.20. The van der Waals surface area contributed by atoms with Crippen LogP contribution in [0.4, 0.5) is 8.78 Å². The first-order chi connectivity index (χ1) is 13.2. The van der Waals surface area contributed by atoms with E-state index in [1.54, 1.807) is 6.92 Å². The number of carbonyl (C=O) groups is 1. The highest BCUT2D eigenvalue weighted by molar-refractivity contribution is 9.10. The summed E-state index contributed by atoms with van der Waals surface area (Å²) in [5, 5.41) is 1.96. The standard InChI is InChI=1S/C21H22BrF2N3O/c1-11(2)12(3)20(28)27-10-21(23,24)9-17(27)19-25-16-7-4-13-8-14(22)5-6-15(13)18(16)26-19/h4-8,11-12,17H,9-10H2,1-3H3,(H,25,26)/t12-,17-/m0/s1. The molecule has 4 rings (SSSR count). The van der Waals surface area contributed by atoms with Gasteiger partial charge in [-0.05, 0) is 29.5 Å². The lowest BCUT2D eigenvalue weighted by molar-refractivity contribution is -0.138. The summed E-state index contributed by atoms with van der Waals surface area (Å²) in [5.41, 5.74) is 1.52. The van der Waals surface area contributed by atoms with Crippen molar-refractivity contribution in [3.8, 4) is 0 Å². The van der Waals surface area contributed by atoms with E-state index in [-0.39, 0.29) is 17.7 Å². The molecule has 1 aliphatic rings. The molecule has 148 valence electrons. The zero-order chi connectivity index (χ0) is 20.2. The second-order valence-electron chi connectivity index (χ2n) is 8.02. The molecule has 2 atom stereocenters. The summed E-state index contributed by atoms with van der Waals surface area (Å²) < 4.78 is 29.5. The molecule has 2 aromatic carbocycles. The normalized spacial score (nSPS) is 20.4. The third kappa shape index (κ3) is 3.30. The molecule has 7 heteroatoms. The molecule has 0 spiro atoms. The van der Waals surface area contributed by atoms with Crippen molar-refractivity contribution in [1.82, 2.24) is 14.9 Å². The van der Waals surface area contributed by atoms with Gasteiger partial charge in [-0.3, -0.25) is 4.79 Å². The van der Waals surface area contributed by atoms with Gasteiger partial charge in [-0.25, -0.2) is 13.8 Å². The van der Waals surface area contributed by atoms with E-state index in [0.717, 1.165) is 26.3 Å². The zero-order valence-electron chi connectivity index (χ0n) is 16.0. The number of hydrogen-bond acceptors (Lipinski definition) is 2. The second kappa shape index (κ2) is 6.79. The van der Waals surface area contributed by atoms with Crippen LogP contribution in [0.5, 0.6) is 0 Å². The second-order valence-corrected chi connectivity index (χ2v) is 8.94. The van der Waals surface area contributed by atoms with Gasteiger partial charge in [-0.15, -0.1) is 0 Å². The summed E-state index contributed by atoms with van der Waals surface area (Å²) in [6, 6.07) is 9.00. The van der Waals surface area contributed by atoms with Crippen molar-refractivity contribution >= 4 is 43.6 Å². The average molecular weight is 450 g/mol. The molecule has 1 aromatic heterocycles. The molecular weight excluding hydrogens is 428 g/mol. The molecule has 3 aromatic rings. The number of alkyl halides is 2. The number of halogens is 3. The first-order valence-electron chi connectivity index (χ1n) is 9.42. The number of aromatic nitrogens is 2. The molecule has 0 aliphatic carbocycles. The van der Waals surface area contributed by atoms with Gasteiger partial charge in [0, 0.05) is 22.2 Å². The number of likely N-dealkylation sites (tertiary alicyclic amines) is 1. The lowest BCUT2D eigenvalue weighted by Gasteiger charge is -2.27. The van der Waals surface area contributed by atoms with Crippen LogP contribution in [0.25, 0.3) is 21.8 Å². The Hall–Kier alpha value is -2.02. The molecular formula is C21H22BrF2N3O. The number of imidazole rings is 1. The first-order valence-corrected chi connectivity index (χ1v) is 10.2. The van der Waals surface area contributed by atoms with Gasteiger partial charge in [0.05, 0.1) is 23.6 Å². The maximum Gasteiger partial charge on any atom is 0.267 e. The van der Waals surface area contributed by atoms with Crippen LogP contribution >= 0.6 is 15.9 Å². The highest BCUT2D eigenvalue weighted by Gasteiger charge is 2.49. The minimum Gasteiger partial charge on any atom is -0.340 e. The number of nitrogens with one attached hydrogen (secondary N) is 1. The van der Waals surface area contributed by atoms with Crippen LogP contribution < -0.4 is 0 Å². The van der Waals surface area contributed by atoms with Crippen molar-refractivity contribution in [3.63, 3.8) is 0 Å². The fourth-order valence-electron chi connectivity index (χ4n) is 3.79. The van der Waals surface area contributed by atoms with E-state index >= 15 is 0 Å². The fourth-order valence-corrected chi connectivity index (χ4v) is 4.17. The van der Waals surface area contributed by atoms with E-state index in [1.165, 1.54) is 4.90 Å². The van der Waals surface area contributed by atoms with Gasteiger partial charge in [0.25, 0.3) is 5.92 Å². The topological polar surface area (TPSA) is 49.0 Å². The molecule has 4 nitrogen and oxygen atoms in total. The van der Waals surface area contributed by atoms with Gasteiger partial charge in [0.2, 0.25) is 5.91 Å². The highest BCUT2D eigenvalue weighted by atomic mass is 79.9. The van der Waals surface area contributed by atoms with Crippen LogP contribution in [0, 0.1) is 11.8 Å². The Bertz CT molecular complexity index is 1060. The molecule has 1 aliphatic heterocycles. The van der Waals surface area contributed by atoms with Gasteiger partial charge in [0.1, 0.15) is 5.82 Å². The Balaban J connectivity index is 1.78. The number of carbonyl (C=O) groups excluding carboxylic acids is 1. The quantitative estimate of drug-likeness (QED) is 0.558. The van der Waals surface area contributed by atoms with Gasteiger partial charge >= 0.3 is 0 Å². The summed E-state index contributed by atoms with van der Waals surface area (Å²) in [7, 11) is 0. The number of rotatable bonds is 3. The molecule has 0 saturated carbocycles. The Labute approximate surface area is 170 Å². The number of aromatic amines is 1. The van der Waals surface area contributed by atoms with Gasteiger partial charge < -0.3 is 9.88 Å². The van der Waals surface area contributed by atoms with E-state index in [9.17, 15) is 13.6 Å². The van der Waals surface area contributed by atoms with Gasteiger partial charge in [-0.2, -0.15) is 0 Å². The summed E-state index contributed by atoms with van der Waals surface area (Å²) in [6.45, 7) is 5.09. The lowest BCUT2D eigenvalue weighted by atomic mass is 9.96. The molecule has 0 bridgehead atoms. The predicted molar refractivity (Wildman–Crippen MR) is 109 cm³/mol. The molecule has 2 heterocycles. The van der Waals surface area contributed by atoms with Crippen LogP contribution in [0.15, 0.2) is 34.8 Å². The number of amides is 1. The number of fused-ring (bicyclic) bond motifs is 3. The van der Waals surface area contributed by atoms with E-state index < -0.39 is 24.9 Å². The smallest absolute Gasteiger partial charge is 0.267 e. The third-order valence-electron chi connectivity index (χ3n) is 5.71. The van der Waals surface area contributed by atoms with Crippen LogP contribution in [-0.2, 0) is 4.79 Å². The predicted octanol–water partition coefficient (Wildman–Crippen LogP) is 5.68. The molecule has 1 N–H and O–H groups in total. The molecule has 1 saturated heterocycles. The zero-order valence-corrected chi connectivity index (χ0v) is 17.6. The number of H-pyrrole nitrogens is 1. The summed E-state index contributed by atoms with van der Waals surface area (Å²) in [6.07, 6.45) is -0.410. The van der Waals surface area contributed by atoms with Crippen molar-refractivity contribution < 1.29 is 13.6 Å². The monoisotopic (exact) mass is 449 g/mol. The van der Waals surface area contributed by atoms with Crippen molar-refractivity contribution in [1.29, 1.82) is 0 Å². The Morgan fingerprint density at radius 2 is 2.04 bits per heavy atom. The van der Waals surface area contributed by atoms with E-state index in [2.05, 4.69) is 25.9 Å². The summed E-state index contributed by atoms with van der Waals surface area (Å²) >= 11 is 3.46. The molecule has 1 fully saturated rings. The van der Waals surface area contributed by atoms with Gasteiger partial charge in [0.15, 0.2) is 0 Å². The molecule has 1 amide bonds. The van der Waals surface area contributed by atoms with Crippen molar-refractivity contribution in [2.75, 3.05) is 6.54 Å². The Kier molecular flexibility index (Phi) is 4.68. The van der Waals surface area contributed by atoms with Crippen LogP contribution in [0.1, 0.15) is 39.1 Å². The van der Waals surface area contributed by atoms with E-state index in [1.807, 2.05) is 44.2 Å². The Morgan fingerprint density at radius 3 is 2.75 bits per heavy atom. The molecule has 28 heavy (non-hydrogen) atoms. The summed E-state index contributed by atoms with van der Waals surface area (Å²) in [5.74, 6) is -2.97. The fraction of sp³-hybridized carbons (Fsp3) is 0.429.